The fourth-order valence-electron chi connectivity index (χ4n) is 1.84. The Morgan fingerprint density at radius 2 is 2.25 bits per heavy atom. The normalized spacial score (nSPS) is 22.8. The van der Waals surface area contributed by atoms with E-state index >= 15 is 0 Å². The Morgan fingerprint density at radius 3 is 2.75 bits per heavy atom. The quantitative estimate of drug-likeness (QED) is 0.771. The largest absolute Gasteiger partial charge is 0.339 e. The Hall–Kier alpha value is -0.920. The number of nitrogens with zero attached hydrogens (tertiary/aromatic N) is 3. The van der Waals surface area contributed by atoms with Crippen LogP contribution in [0.15, 0.2) is 17.6 Å². The molecule has 1 N–H and O–H groups in total. The molecule has 0 bridgehead atoms. The maximum atomic E-state index is 11.9. The molecule has 0 unspecified atom stereocenters. The van der Waals surface area contributed by atoms with E-state index in [1.54, 1.807) is 11.6 Å². The Morgan fingerprint density at radius 1 is 1.50 bits per heavy atom. The number of likely N-dealkylation sites (tertiary alicyclic amines) is 1. The van der Waals surface area contributed by atoms with Gasteiger partial charge >= 0.3 is 0 Å². The molecule has 1 aliphatic heterocycles. The highest BCUT2D eigenvalue weighted by molar-refractivity contribution is 7.89. The fourth-order valence-corrected chi connectivity index (χ4v) is 3.08. The van der Waals surface area contributed by atoms with Crippen molar-refractivity contribution in [1.29, 1.82) is 0 Å². The van der Waals surface area contributed by atoms with Crippen molar-refractivity contribution in [3.63, 3.8) is 0 Å². The Balaban J connectivity index is 2.09. The van der Waals surface area contributed by atoms with E-state index in [0.717, 1.165) is 19.5 Å². The lowest BCUT2D eigenvalue weighted by Gasteiger charge is -2.11. The lowest BCUT2D eigenvalue weighted by molar-refractivity contribution is 0.407. The molecule has 0 saturated carbocycles. The maximum absolute atomic E-state index is 11.9. The van der Waals surface area contributed by atoms with Crippen molar-refractivity contribution in [2.24, 2.45) is 7.05 Å². The first-order chi connectivity index (χ1) is 7.47. The summed E-state index contributed by atoms with van der Waals surface area (Å²) in [5.74, 6) is 0. The monoisotopic (exact) mass is 244 g/mol. The van der Waals surface area contributed by atoms with Crippen LogP contribution in [0.25, 0.3) is 0 Å². The predicted molar refractivity (Wildman–Crippen MR) is 59.4 cm³/mol. The van der Waals surface area contributed by atoms with Crippen molar-refractivity contribution in [1.82, 2.24) is 19.2 Å². The predicted octanol–water partition coefficient (Wildman–Crippen LogP) is -0.597. The lowest BCUT2D eigenvalue weighted by Crippen LogP contribution is -2.36. The summed E-state index contributed by atoms with van der Waals surface area (Å²) in [5, 5.41) is 0.0875. The van der Waals surface area contributed by atoms with Gasteiger partial charge in [0.25, 0.3) is 10.0 Å². The van der Waals surface area contributed by atoms with Gasteiger partial charge in [0, 0.05) is 25.8 Å². The number of likely N-dealkylation sites (N-methyl/N-ethyl adjacent to an activating group) is 1. The van der Waals surface area contributed by atoms with Crippen LogP contribution in [0.1, 0.15) is 6.42 Å². The molecule has 0 radical (unpaired) electrons. The van der Waals surface area contributed by atoms with E-state index in [2.05, 4.69) is 14.6 Å². The molecular weight excluding hydrogens is 228 g/mol. The van der Waals surface area contributed by atoms with Crippen molar-refractivity contribution in [3.8, 4) is 0 Å². The highest BCUT2D eigenvalue weighted by atomic mass is 32.2. The lowest BCUT2D eigenvalue weighted by atomic mass is 10.3. The van der Waals surface area contributed by atoms with Crippen LogP contribution in [-0.2, 0) is 17.1 Å². The minimum atomic E-state index is -3.45. The summed E-state index contributed by atoms with van der Waals surface area (Å²) in [5.41, 5.74) is 0. The van der Waals surface area contributed by atoms with Crippen molar-refractivity contribution >= 4 is 10.0 Å². The molecule has 90 valence electrons. The fraction of sp³-hybridized carbons (Fsp3) is 0.667. The van der Waals surface area contributed by atoms with Gasteiger partial charge in [-0.3, -0.25) is 0 Å². The summed E-state index contributed by atoms with van der Waals surface area (Å²) in [4.78, 5) is 5.95. The second-order valence-corrected chi connectivity index (χ2v) is 5.91. The SMILES string of the molecule is CN1CC[C@H](NS(=O)(=O)c2cn(C)cn2)C1. The minimum absolute atomic E-state index is 0.00277. The molecule has 1 saturated heterocycles. The third kappa shape index (κ3) is 2.42. The van der Waals surface area contributed by atoms with Gasteiger partial charge in [0.05, 0.1) is 6.33 Å². The van der Waals surface area contributed by atoms with E-state index < -0.39 is 10.0 Å². The second-order valence-electron chi connectivity index (χ2n) is 4.25. The summed E-state index contributed by atoms with van der Waals surface area (Å²) >= 11 is 0. The highest BCUT2D eigenvalue weighted by Gasteiger charge is 2.26. The van der Waals surface area contributed by atoms with E-state index in [-0.39, 0.29) is 11.1 Å². The zero-order valence-electron chi connectivity index (χ0n) is 9.42. The van der Waals surface area contributed by atoms with Gasteiger partial charge in [-0.1, -0.05) is 0 Å². The first-order valence-electron chi connectivity index (χ1n) is 5.16. The average molecular weight is 244 g/mol. The third-order valence-corrected chi connectivity index (χ3v) is 4.07. The van der Waals surface area contributed by atoms with Gasteiger partial charge in [-0.25, -0.2) is 18.1 Å². The third-order valence-electron chi connectivity index (χ3n) is 2.67. The molecule has 16 heavy (non-hydrogen) atoms. The first-order valence-corrected chi connectivity index (χ1v) is 6.64. The van der Waals surface area contributed by atoms with Gasteiger partial charge in [0.2, 0.25) is 0 Å². The molecule has 1 atom stereocenters. The van der Waals surface area contributed by atoms with Crippen LogP contribution < -0.4 is 4.72 Å². The van der Waals surface area contributed by atoms with Crippen LogP contribution in [0.2, 0.25) is 0 Å². The number of sulfonamides is 1. The van der Waals surface area contributed by atoms with Crippen LogP contribution in [0.3, 0.4) is 0 Å². The van der Waals surface area contributed by atoms with Gasteiger partial charge in [-0.15, -0.1) is 0 Å². The molecule has 1 fully saturated rings. The van der Waals surface area contributed by atoms with Crippen molar-refractivity contribution in [2.45, 2.75) is 17.5 Å². The number of aryl methyl sites for hydroxylation is 1. The number of hydrogen-bond donors (Lipinski definition) is 1. The smallest absolute Gasteiger partial charge is 0.259 e. The van der Waals surface area contributed by atoms with Crippen LogP contribution in [0.4, 0.5) is 0 Å². The molecule has 6 nitrogen and oxygen atoms in total. The molecule has 0 spiro atoms. The van der Waals surface area contributed by atoms with Crippen LogP contribution >= 0.6 is 0 Å². The topological polar surface area (TPSA) is 67.2 Å². The molecule has 0 aromatic carbocycles. The van der Waals surface area contributed by atoms with Gasteiger partial charge in [-0.2, -0.15) is 0 Å². The molecular formula is C9H16N4O2S. The molecule has 2 heterocycles. The summed E-state index contributed by atoms with van der Waals surface area (Å²) in [7, 11) is 0.272. The molecule has 7 heteroatoms. The molecule has 2 rings (SSSR count). The number of nitrogens with one attached hydrogen (secondary N) is 1. The van der Waals surface area contributed by atoms with E-state index in [0.29, 0.717) is 0 Å². The molecule has 0 amide bonds. The van der Waals surface area contributed by atoms with E-state index in [4.69, 9.17) is 0 Å². The van der Waals surface area contributed by atoms with E-state index in [9.17, 15) is 8.42 Å². The number of aromatic nitrogens is 2. The summed E-state index contributed by atoms with van der Waals surface area (Å²) in [6.07, 6.45) is 3.83. The van der Waals surface area contributed by atoms with Crippen molar-refractivity contribution < 1.29 is 8.42 Å². The first kappa shape index (κ1) is 11.6. The van der Waals surface area contributed by atoms with E-state index in [1.807, 2.05) is 7.05 Å². The van der Waals surface area contributed by atoms with Gasteiger partial charge in [-0.05, 0) is 20.0 Å². The second kappa shape index (κ2) is 4.15. The molecule has 1 aromatic heterocycles. The average Bonchev–Trinajstić information content (AvgIpc) is 2.75. The van der Waals surface area contributed by atoms with Gasteiger partial charge in [0.15, 0.2) is 5.03 Å². The standard InChI is InChI=1S/C9H16N4O2S/c1-12-4-3-8(5-12)11-16(14,15)9-6-13(2)7-10-9/h6-8,11H,3-5H2,1-2H3/t8-/m0/s1. The summed E-state index contributed by atoms with van der Waals surface area (Å²) < 4.78 is 28.1. The Kier molecular flexibility index (Phi) is 3.00. The molecule has 1 aliphatic rings. The van der Waals surface area contributed by atoms with Crippen LogP contribution in [0.5, 0.6) is 0 Å². The minimum Gasteiger partial charge on any atom is -0.339 e. The zero-order chi connectivity index (χ0) is 11.8. The molecule has 0 aliphatic carbocycles. The van der Waals surface area contributed by atoms with Crippen molar-refractivity contribution in [3.05, 3.63) is 12.5 Å². The Labute approximate surface area is 95.3 Å². The zero-order valence-corrected chi connectivity index (χ0v) is 10.2. The Bertz CT molecular complexity index is 468. The van der Waals surface area contributed by atoms with Gasteiger partial charge < -0.3 is 9.47 Å². The molecule has 1 aromatic rings. The van der Waals surface area contributed by atoms with Crippen molar-refractivity contribution in [2.75, 3.05) is 20.1 Å². The maximum Gasteiger partial charge on any atom is 0.259 e. The van der Waals surface area contributed by atoms with Crippen LogP contribution in [0, 0.1) is 0 Å². The van der Waals surface area contributed by atoms with E-state index in [1.165, 1.54) is 12.5 Å². The van der Waals surface area contributed by atoms with Crippen LogP contribution in [-0.4, -0.2) is 49.0 Å². The highest BCUT2D eigenvalue weighted by Crippen LogP contribution is 2.11. The number of imidazole rings is 1. The number of rotatable bonds is 3. The summed E-state index contributed by atoms with van der Waals surface area (Å²) in [6, 6.07) is -0.00277. The van der Waals surface area contributed by atoms with Gasteiger partial charge in [0.1, 0.15) is 0 Å². The summed E-state index contributed by atoms with van der Waals surface area (Å²) in [6.45, 7) is 1.68. The number of hydrogen-bond acceptors (Lipinski definition) is 4.